The van der Waals surface area contributed by atoms with Gasteiger partial charge in [0.25, 0.3) is 0 Å². The summed E-state index contributed by atoms with van der Waals surface area (Å²) in [5.74, 6) is 0.490. The van der Waals surface area contributed by atoms with Crippen LogP contribution in [-0.4, -0.2) is 62.7 Å². The standard InChI is InChI=1S/C22H27FN6.ClH/c1-2-27-14-16-28(17-15-27)21(19-10-6-7-11-20(19)23)22-24-25-26-29(22)13-12-18-8-4-3-5-9-18;/h3-11,21H,2,12-17H2,1H3;1H. The SMILES string of the molecule is CCN1CCN(C(c2ccccc2F)c2nnnn2CCc2ccccc2)CC1.Cl. The lowest BCUT2D eigenvalue weighted by Gasteiger charge is -2.38. The molecule has 1 atom stereocenters. The Morgan fingerprint density at radius 3 is 2.37 bits per heavy atom. The van der Waals surface area contributed by atoms with Crippen molar-refractivity contribution in [3.8, 4) is 0 Å². The van der Waals surface area contributed by atoms with Crippen LogP contribution < -0.4 is 0 Å². The highest BCUT2D eigenvalue weighted by Gasteiger charge is 2.31. The predicted octanol–water partition coefficient (Wildman–Crippen LogP) is 3.20. The lowest BCUT2D eigenvalue weighted by molar-refractivity contribution is 0.107. The van der Waals surface area contributed by atoms with Crippen LogP contribution in [0.1, 0.15) is 29.9 Å². The van der Waals surface area contributed by atoms with Gasteiger partial charge in [-0.05, 0) is 35.0 Å². The topological polar surface area (TPSA) is 50.1 Å². The van der Waals surface area contributed by atoms with Crippen LogP contribution >= 0.6 is 12.4 Å². The maximum absolute atomic E-state index is 14.8. The van der Waals surface area contributed by atoms with Crippen molar-refractivity contribution < 1.29 is 4.39 Å². The Morgan fingerprint density at radius 1 is 0.967 bits per heavy atom. The van der Waals surface area contributed by atoms with Gasteiger partial charge in [-0.25, -0.2) is 9.07 Å². The van der Waals surface area contributed by atoms with Gasteiger partial charge < -0.3 is 4.90 Å². The largest absolute Gasteiger partial charge is 0.301 e. The highest BCUT2D eigenvalue weighted by atomic mass is 35.5. The molecule has 1 fully saturated rings. The van der Waals surface area contributed by atoms with Gasteiger partial charge in [0.15, 0.2) is 5.82 Å². The molecular weight excluding hydrogens is 403 g/mol. The van der Waals surface area contributed by atoms with E-state index in [2.05, 4.69) is 44.4 Å². The first kappa shape index (κ1) is 22.3. The van der Waals surface area contributed by atoms with E-state index in [0.29, 0.717) is 17.9 Å². The van der Waals surface area contributed by atoms with Crippen LogP contribution in [0.4, 0.5) is 4.39 Å². The number of hydrogen-bond acceptors (Lipinski definition) is 5. The number of piperazine rings is 1. The minimum absolute atomic E-state index is 0. The van der Waals surface area contributed by atoms with Crippen LogP contribution in [0.3, 0.4) is 0 Å². The molecule has 1 saturated heterocycles. The number of hydrogen-bond donors (Lipinski definition) is 0. The molecule has 1 unspecified atom stereocenters. The molecule has 1 aliphatic rings. The summed E-state index contributed by atoms with van der Waals surface area (Å²) < 4.78 is 16.6. The molecule has 4 rings (SSSR count). The first-order valence-electron chi connectivity index (χ1n) is 10.3. The van der Waals surface area contributed by atoms with E-state index in [4.69, 9.17) is 0 Å². The fourth-order valence-corrected chi connectivity index (χ4v) is 3.98. The van der Waals surface area contributed by atoms with Gasteiger partial charge in [-0.3, -0.25) is 4.90 Å². The van der Waals surface area contributed by atoms with Crippen LogP contribution in [-0.2, 0) is 13.0 Å². The molecule has 2 heterocycles. The molecule has 0 saturated carbocycles. The van der Waals surface area contributed by atoms with Crippen molar-refractivity contribution in [3.05, 3.63) is 77.4 Å². The lowest BCUT2D eigenvalue weighted by Crippen LogP contribution is -2.48. The Hall–Kier alpha value is -2.35. The predicted molar refractivity (Wildman–Crippen MR) is 117 cm³/mol. The molecular formula is C22H28ClFN6. The molecule has 0 aliphatic carbocycles. The first-order valence-corrected chi connectivity index (χ1v) is 10.3. The summed E-state index contributed by atoms with van der Waals surface area (Å²) in [5.41, 5.74) is 1.86. The number of nitrogens with zero attached hydrogens (tertiary/aromatic N) is 6. The molecule has 3 aromatic rings. The second kappa shape index (κ2) is 10.6. The summed E-state index contributed by atoms with van der Waals surface area (Å²) >= 11 is 0. The number of aryl methyl sites for hydroxylation is 2. The van der Waals surface area contributed by atoms with Gasteiger partial charge in [-0.1, -0.05) is 55.5 Å². The molecule has 30 heavy (non-hydrogen) atoms. The van der Waals surface area contributed by atoms with E-state index in [0.717, 1.165) is 39.1 Å². The van der Waals surface area contributed by atoms with Gasteiger partial charge in [0.05, 0.1) is 0 Å². The number of benzene rings is 2. The van der Waals surface area contributed by atoms with Gasteiger partial charge in [0.1, 0.15) is 11.9 Å². The fraction of sp³-hybridized carbons (Fsp3) is 0.409. The van der Waals surface area contributed by atoms with Gasteiger partial charge in [-0.2, -0.15) is 0 Å². The summed E-state index contributed by atoms with van der Waals surface area (Å²) in [4.78, 5) is 4.71. The van der Waals surface area contributed by atoms with Crippen molar-refractivity contribution in [2.24, 2.45) is 0 Å². The van der Waals surface area contributed by atoms with Crippen molar-refractivity contribution in [1.82, 2.24) is 30.0 Å². The zero-order valence-electron chi connectivity index (χ0n) is 17.2. The van der Waals surface area contributed by atoms with Crippen LogP contribution in [0, 0.1) is 5.82 Å². The van der Waals surface area contributed by atoms with E-state index in [9.17, 15) is 4.39 Å². The third-order valence-corrected chi connectivity index (χ3v) is 5.68. The van der Waals surface area contributed by atoms with Crippen molar-refractivity contribution in [2.75, 3.05) is 32.7 Å². The molecule has 1 aromatic heterocycles. The smallest absolute Gasteiger partial charge is 0.173 e. The Labute approximate surface area is 183 Å². The Kier molecular flexibility index (Phi) is 7.90. The highest BCUT2D eigenvalue weighted by molar-refractivity contribution is 5.85. The van der Waals surface area contributed by atoms with Crippen molar-refractivity contribution in [2.45, 2.75) is 25.9 Å². The van der Waals surface area contributed by atoms with E-state index in [1.54, 1.807) is 6.07 Å². The maximum atomic E-state index is 14.8. The lowest BCUT2D eigenvalue weighted by atomic mass is 10.0. The van der Waals surface area contributed by atoms with Gasteiger partial charge >= 0.3 is 0 Å². The first-order chi connectivity index (χ1) is 14.3. The molecule has 0 spiro atoms. The second-order valence-corrected chi connectivity index (χ2v) is 7.39. The number of tetrazole rings is 1. The zero-order valence-corrected chi connectivity index (χ0v) is 18.0. The quantitative estimate of drug-likeness (QED) is 0.576. The zero-order chi connectivity index (χ0) is 20.1. The van der Waals surface area contributed by atoms with E-state index in [-0.39, 0.29) is 24.3 Å². The van der Waals surface area contributed by atoms with Gasteiger partial charge in [-0.15, -0.1) is 17.5 Å². The Bertz CT molecular complexity index is 911. The van der Waals surface area contributed by atoms with E-state index < -0.39 is 0 Å². The maximum Gasteiger partial charge on any atom is 0.173 e. The molecule has 1 aliphatic heterocycles. The molecule has 0 N–H and O–H groups in total. The van der Waals surface area contributed by atoms with Crippen LogP contribution in [0.5, 0.6) is 0 Å². The number of rotatable bonds is 7. The van der Waals surface area contributed by atoms with Crippen molar-refractivity contribution in [1.29, 1.82) is 0 Å². The Balaban J connectivity index is 0.00000256. The molecule has 0 radical (unpaired) electrons. The summed E-state index contributed by atoms with van der Waals surface area (Å²) in [5, 5.41) is 12.5. The minimum atomic E-state index is -0.291. The van der Waals surface area contributed by atoms with Crippen molar-refractivity contribution in [3.63, 3.8) is 0 Å². The monoisotopic (exact) mass is 430 g/mol. The second-order valence-electron chi connectivity index (χ2n) is 7.39. The van der Waals surface area contributed by atoms with Crippen LogP contribution in [0.2, 0.25) is 0 Å². The van der Waals surface area contributed by atoms with E-state index >= 15 is 0 Å². The Morgan fingerprint density at radius 2 is 1.67 bits per heavy atom. The average Bonchev–Trinajstić information content (AvgIpc) is 3.23. The molecule has 0 bridgehead atoms. The summed E-state index contributed by atoms with van der Waals surface area (Å²) in [6.45, 7) is 7.52. The number of likely N-dealkylation sites (N-methyl/N-ethyl adjacent to an activating group) is 1. The van der Waals surface area contributed by atoms with Gasteiger partial charge in [0, 0.05) is 38.3 Å². The fourth-order valence-electron chi connectivity index (χ4n) is 3.98. The van der Waals surface area contributed by atoms with Crippen LogP contribution in [0.15, 0.2) is 54.6 Å². The number of aromatic nitrogens is 4. The average molecular weight is 431 g/mol. The number of halogens is 2. The van der Waals surface area contributed by atoms with Crippen LogP contribution in [0.25, 0.3) is 0 Å². The molecule has 2 aromatic carbocycles. The third kappa shape index (κ3) is 5.03. The van der Waals surface area contributed by atoms with Crippen molar-refractivity contribution >= 4 is 12.4 Å². The minimum Gasteiger partial charge on any atom is -0.301 e. The highest BCUT2D eigenvalue weighted by Crippen LogP contribution is 2.30. The molecule has 6 nitrogen and oxygen atoms in total. The van der Waals surface area contributed by atoms with Gasteiger partial charge in [0.2, 0.25) is 0 Å². The molecule has 160 valence electrons. The summed E-state index contributed by atoms with van der Waals surface area (Å²) in [6.07, 6.45) is 0.826. The summed E-state index contributed by atoms with van der Waals surface area (Å²) in [6, 6.07) is 17.0. The molecule has 8 heteroatoms. The summed E-state index contributed by atoms with van der Waals surface area (Å²) in [7, 11) is 0. The molecule has 0 amide bonds. The normalized spacial score (nSPS) is 16.2. The van der Waals surface area contributed by atoms with E-state index in [1.165, 1.54) is 11.6 Å². The van der Waals surface area contributed by atoms with E-state index in [1.807, 2.05) is 35.0 Å². The third-order valence-electron chi connectivity index (χ3n) is 5.68.